The van der Waals surface area contributed by atoms with E-state index < -0.39 is 0 Å². The molecule has 0 aliphatic heterocycles. The molecule has 0 unspecified atom stereocenters. The molecule has 7 heteroatoms. The first kappa shape index (κ1) is 45.3. The number of para-hydroxylation sites is 4. The van der Waals surface area contributed by atoms with E-state index in [-0.39, 0.29) is 0 Å². The topological polar surface area (TPSA) is 88.1 Å². The maximum Gasteiger partial charge on any atom is 0.161 e. The van der Waals surface area contributed by atoms with Crippen LogP contribution in [-0.2, 0) is 0 Å². The molecule has 15 aromatic rings. The summed E-state index contributed by atoms with van der Waals surface area (Å²) in [6.07, 6.45) is 0. The molecule has 0 saturated carbocycles. The number of fused-ring (bicyclic) bond motifs is 9. The molecule has 79 heavy (non-hydrogen) atoms. The molecule has 0 bridgehead atoms. The van der Waals surface area contributed by atoms with Crippen molar-refractivity contribution in [2.75, 3.05) is 0 Å². The van der Waals surface area contributed by atoms with Crippen molar-refractivity contribution in [2.45, 2.75) is 0 Å². The van der Waals surface area contributed by atoms with Crippen molar-refractivity contribution in [3.63, 3.8) is 0 Å². The Labute approximate surface area is 454 Å². The molecule has 11 aromatic carbocycles. The Morgan fingerprint density at radius 3 is 1.05 bits per heavy atom. The first-order valence-corrected chi connectivity index (χ1v) is 26.3. The summed E-state index contributed by atoms with van der Waals surface area (Å²) in [5.74, 6) is 0.426. The zero-order valence-corrected chi connectivity index (χ0v) is 42.5. The zero-order chi connectivity index (χ0) is 52.6. The Bertz CT molecular complexity index is 4670. The van der Waals surface area contributed by atoms with Gasteiger partial charge in [-0.15, -0.1) is 0 Å². The van der Waals surface area contributed by atoms with Gasteiger partial charge in [-0.2, -0.15) is 10.5 Å². The van der Waals surface area contributed by atoms with Gasteiger partial charge in [-0.3, -0.25) is 0 Å². The minimum absolute atomic E-state index is 0.426. The third kappa shape index (κ3) is 7.41. The Hall–Kier alpha value is -11.1. The van der Waals surface area contributed by atoms with E-state index in [2.05, 4.69) is 232 Å². The molecular formula is C72H43N7. The number of hydrogen-bond donors (Lipinski definition) is 0. The molecule has 4 heterocycles. The number of rotatable bonds is 8. The van der Waals surface area contributed by atoms with Crippen LogP contribution in [0.25, 0.3) is 139 Å². The molecule has 0 spiro atoms. The minimum atomic E-state index is 0.426. The van der Waals surface area contributed by atoms with Gasteiger partial charge in [0, 0.05) is 66.1 Å². The van der Waals surface area contributed by atoms with Crippen LogP contribution in [0.4, 0.5) is 0 Å². The summed E-state index contributed by atoms with van der Waals surface area (Å²) in [5.41, 5.74) is 19.3. The van der Waals surface area contributed by atoms with Crippen molar-refractivity contribution in [2.24, 2.45) is 0 Å². The van der Waals surface area contributed by atoms with Gasteiger partial charge in [0.05, 0.1) is 67.8 Å². The molecule has 0 saturated heterocycles. The lowest BCUT2D eigenvalue weighted by Gasteiger charge is -2.12. The smallest absolute Gasteiger partial charge is 0.161 e. The van der Waals surface area contributed by atoms with Crippen LogP contribution in [0.15, 0.2) is 261 Å². The van der Waals surface area contributed by atoms with Gasteiger partial charge in [-0.1, -0.05) is 164 Å². The van der Waals surface area contributed by atoms with Crippen LogP contribution in [0.5, 0.6) is 0 Å². The molecule has 0 radical (unpaired) electrons. The fraction of sp³-hybridized carbons (Fsp3) is 0. The van der Waals surface area contributed by atoms with E-state index in [1.165, 1.54) is 54.4 Å². The molecule has 0 aliphatic rings. The van der Waals surface area contributed by atoms with Gasteiger partial charge in [-0.25, -0.2) is 9.97 Å². The maximum atomic E-state index is 9.97. The lowest BCUT2D eigenvalue weighted by atomic mass is 9.98. The van der Waals surface area contributed by atoms with Gasteiger partial charge in [0.2, 0.25) is 0 Å². The van der Waals surface area contributed by atoms with E-state index >= 15 is 0 Å². The van der Waals surface area contributed by atoms with E-state index in [4.69, 9.17) is 9.97 Å². The van der Waals surface area contributed by atoms with Gasteiger partial charge in [-0.05, 0) is 119 Å². The number of hydrogen-bond acceptors (Lipinski definition) is 4. The third-order valence-corrected chi connectivity index (χ3v) is 15.6. The molecule has 0 fully saturated rings. The summed E-state index contributed by atoms with van der Waals surface area (Å²) in [5, 5.41) is 27.3. The van der Waals surface area contributed by atoms with E-state index in [0.717, 1.165) is 55.9 Å². The van der Waals surface area contributed by atoms with Crippen molar-refractivity contribution in [3.05, 3.63) is 272 Å². The Morgan fingerprint density at radius 2 is 0.595 bits per heavy atom. The van der Waals surface area contributed by atoms with Crippen LogP contribution < -0.4 is 0 Å². The largest absolute Gasteiger partial charge is 0.309 e. The highest BCUT2D eigenvalue weighted by Gasteiger charge is 2.20. The predicted molar refractivity (Wildman–Crippen MR) is 322 cm³/mol. The SMILES string of the molecule is N#Cc1ccccc1-c1cc(-c2ccc(-c3ccc(-c4ccc(-n5c6ccc(-n7c8ccccc8c8ccccc87)cc6c6cc(-n7c8ccccc8c8ccccc87)ccc65)cc4)cc3)cc2)nc(-c2ccccc2C#N)n1. The highest BCUT2D eigenvalue weighted by Crippen LogP contribution is 2.40. The van der Waals surface area contributed by atoms with Crippen LogP contribution in [0.2, 0.25) is 0 Å². The summed E-state index contributed by atoms with van der Waals surface area (Å²) < 4.78 is 7.22. The van der Waals surface area contributed by atoms with Crippen LogP contribution >= 0.6 is 0 Å². The van der Waals surface area contributed by atoms with Crippen LogP contribution in [0.1, 0.15) is 11.1 Å². The lowest BCUT2D eigenvalue weighted by Crippen LogP contribution is -1.98. The van der Waals surface area contributed by atoms with Crippen LogP contribution in [0.3, 0.4) is 0 Å². The molecule has 15 rings (SSSR count). The van der Waals surface area contributed by atoms with Crippen molar-refractivity contribution in [1.82, 2.24) is 23.7 Å². The number of benzene rings is 11. The standard InChI is InChI=1S/C72H43N7/c73-44-51-13-1-3-15-56(51)65-43-64(75-72(76-65)57-16-4-2-14-52(57)45-74)50-31-29-48(30-32-50)46-25-27-47(28-26-46)49-33-35-53(36-34-49)77-70-39-37-54(78-66-21-9-5-17-58(66)59-18-6-10-22-67(59)78)41-62(70)63-42-55(38-40-71(63)77)79-68-23-11-7-19-60(68)61-20-8-12-24-69(61)79/h1-43H. The zero-order valence-electron chi connectivity index (χ0n) is 42.5. The highest BCUT2D eigenvalue weighted by atomic mass is 15.0. The van der Waals surface area contributed by atoms with Gasteiger partial charge < -0.3 is 13.7 Å². The molecular weight excluding hydrogens is 963 g/mol. The Kier molecular flexibility index (Phi) is 10.5. The number of aromatic nitrogens is 5. The molecule has 0 aliphatic carbocycles. The molecule has 0 N–H and O–H groups in total. The summed E-state index contributed by atoms with van der Waals surface area (Å²) in [4.78, 5) is 9.87. The minimum Gasteiger partial charge on any atom is -0.309 e. The van der Waals surface area contributed by atoms with Gasteiger partial charge in [0.15, 0.2) is 5.82 Å². The van der Waals surface area contributed by atoms with Gasteiger partial charge in [0.1, 0.15) is 0 Å². The lowest BCUT2D eigenvalue weighted by molar-refractivity contribution is 1.16. The average Bonchev–Trinajstić information content (AvgIpc) is 4.20. The maximum absolute atomic E-state index is 9.97. The molecule has 0 atom stereocenters. The second kappa shape index (κ2) is 18.3. The van der Waals surface area contributed by atoms with Crippen molar-refractivity contribution in [1.29, 1.82) is 10.5 Å². The molecule has 366 valence electrons. The predicted octanol–water partition coefficient (Wildman–Crippen LogP) is 17.8. The first-order chi connectivity index (χ1) is 39.1. The first-order valence-electron chi connectivity index (χ1n) is 26.3. The summed E-state index contributed by atoms with van der Waals surface area (Å²) >= 11 is 0. The summed E-state index contributed by atoms with van der Waals surface area (Å²) in [6, 6.07) is 96.0. The quantitative estimate of drug-likeness (QED) is 0.152. The van der Waals surface area contributed by atoms with E-state index in [1.807, 2.05) is 42.5 Å². The summed E-state index contributed by atoms with van der Waals surface area (Å²) in [7, 11) is 0. The summed E-state index contributed by atoms with van der Waals surface area (Å²) in [6.45, 7) is 0. The molecule has 7 nitrogen and oxygen atoms in total. The normalized spacial score (nSPS) is 11.5. The van der Waals surface area contributed by atoms with Crippen molar-refractivity contribution in [3.8, 4) is 85.4 Å². The fourth-order valence-electron chi connectivity index (χ4n) is 11.9. The number of nitriles is 2. The third-order valence-electron chi connectivity index (χ3n) is 15.6. The van der Waals surface area contributed by atoms with Gasteiger partial charge >= 0.3 is 0 Å². The highest BCUT2D eigenvalue weighted by molar-refractivity contribution is 6.14. The molecule has 0 amide bonds. The second-order valence-electron chi connectivity index (χ2n) is 20.0. The van der Waals surface area contributed by atoms with Crippen LogP contribution in [0, 0.1) is 22.7 Å². The van der Waals surface area contributed by atoms with E-state index in [9.17, 15) is 10.5 Å². The monoisotopic (exact) mass is 1010 g/mol. The second-order valence-corrected chi connectivity index (χ2v) is 20.0. The Morgan fingerprint density at radius 1 is 0.266 bits per heavy atom. The average molecular weight is 1010 g/mol. The van der Waals surface area contributed by atoms with Crippen LogP contribution in [-0.4, -0.2) is 23.7 Å². The van der Waals surface area contributed by atoms with Crippen molar-refractivity contribution < 1.29 is 0 Å². The van der Waals surface area contributed by atoms with Gasteiger partial charge in [0.25, 0.3) is 0 Å². The number of nitrogens with zero attached hydrogens (tertiary/aromatic N) is 7. The van der Waals surface area contributed by atoms with E-state index in [1.54, 1.807) is 12.1 Å². The van der Waals surface area contributed by atoms with Crippen molar-refractivity contribution >= 4 is 65.4 Å². The fourth-order valence-corrected chi connectivity index (χ4v) is 11.9. The molecule has 4 aromatic heterocycles. The Balaban J connectivity index is 0.785. The van der Waals surface area contributed by atoms with E-state index in [0.29, 0.717) is 39.5 Å².